The van der Waals surface area contributed by atoms with Gasteiger partial charge in [-0.2, -0.15) is 0 Å². The van der Waals surface area contributed by atoms with Gasteiger partial charge in [-0.15, -0.1) is 0 Å². The average molecular weight is 287 g/mol. The molecule has 0 aromatic heterocycles. The van der Waals surface area contributed by atoms with E-state index in [2.05, 4.69) is 29.2 Å². The predicted molar refractivity (Wildman–Crippen MR) is 83.4 cm³/mol. The Balaban J connectivity index is 1.69. The number of nitrogens with zero attached hydrogens (tertiary/aromatic N) is 1. The third-order valence-corrected chi connectivity index (χ3v) is 5.30. The SMILES string of the molecule is O=C(O)C1(CN2CCc3ccccc3CC2)CCCCC1. The molecule has 1 aliphatic heterocycles. The monoisotopic (exact) mass is 287 g/mol. The Morgan fingerprint density at radius 1 is 1.05 bits per heavy atom. The molecule has 1 heterocycles. The van der Waals surface area contributed by atoms with Gasteiger partial charge in [-0.3, -0.25) is 4.79 Å². The molecular formula is C18H25NO2. The van der Waals surface area contributed by atoms with Gasteiger partial charge in [0.05, 0.1) is 5.41 Å². The van der Waals surface area contributed by atoms with Gasteiger partial charge in [-0.1, -0.05) is 43.5 Å². The second-order valence-electron chi connectivity index (χ2n) is 6.69. The first-order valence-corrected chi connectivity index (χ1v) is 8.22. The standard InChI is InChI=1S/C18H25NO2/c20-17(21)18(10-4-1-5-11-18)14-19-12-8-15-6-2-3-7-16(15)9-13-19/h2-3,6-7H,1,4-5,8-14H2,(H,20,21). The van der Waals surface area contributed by atoms with Gasteiger partial charge in [-0.05, 0) is 36.8 Å². The summed E-state index contributed by atoms with van der Waals surface area (Å²) in [6.07, 6.45) is 7.14. The van der Waals surface area contributed by atoms with Crippen LogP contribution in [-0.2, 0) is 17.6 Å². The van der Waals surface area contributed by atoms with Crippen molar-refractivity contribution in [2.45, 2.75) is 44.9 Å². The first kappa shape index (κ1) is 14.6. The molecule has 3 heteroatoms. The van der Waals surface area contributed by atoms with Crippen LogP contribution < -0.4 is 0 Å². The van der Waals surface area contributed by atoms with E-state index < -0.39 is 11.4 Å². The average Bonchev–Trinajstić information content (AvgIpc) is 2.71. The lowest BCUT2D eigenvalue weighted by molar-refractivity contribution is -0.152. The highest BCUT2D eigenvalue weighted by Gasteiger charge is 2.41. The first-order chi connectivity index (χ1) is 10.2. The van der Waals surface area contributed by atoms with Crippen LogP contribution in [0.5, 0.6) is 0 Å². The van der Waals surface area contributed by atoms with E-state index in [4.69, 9.17) is 0 Å². The van der Waals surface area contributed by atoms with Gasteiger partial charge in [0.25, 0.3) is 0 Å². The number of carbonyl (C=O) groups is 1. The fraction of sp³-hybridized carbons (Fsp3) is 0.611. The molecule has 0 amide bonds. The molecule has 3 rings (SSSR count). The number of fused-ring (bicyclic) bond motifs is 1. The van der Waals surface area contributed by atoms with Gasteiger partial charge in [0.2, 0.25) is 0 Å². The van der Waals surface area contributed by atoms with Gasteiger partial charge in [0, 0.05) is 19.6 Å². The number of hydrogen-bond donors (Lipinski definition) is 1. The van der Waals surface area contributed by atoms with Gasteiger partial charge >= 0.3 is 5.97 Å². The Kier molecular flexibility index (Phi) is 4.29. The van der Waals surface area contributed by atoms with Gasteiger partial charge < -0.3 is 10.0 Å². The van der Waals surface area contributed by atoms with Crippen molar-refractivity contribution in [3.63, 3.8) is 0 Å². The van der Waals surface area contributed by atoms with Gasteiger partial charge in [0.15, 0.2) is 0 Å². The summed E-state index contributed by atoms with van der Waals surface area (Å²) in [7, 11) is 0. The summed E-state index contributed by atoms with van der Waals surface area (Å²) in [4.78, 5) is 14.2. The van der Waals surface area contributed by atoms with Crippen LogP contribution in [0.3, 0.4) is 0 Å². The van der Waals surface area contributed by atoms with Crippen LogP contribution >= 0.6 is 0 Å². The third kappa shape index (κ3) is 3.13. The van der Waals surface area contributed by atoms with Crippen molar-refractivity contribution in [3.8, 4) is 0 Å². The number of rotatable bonds is 3. The molecule has 1 aromatic rings. The molecule has 0 radical (unpaired) electrons. The Labute approximate surface area is 127 Å². The highest BCUT2D eigenvalue weighted by atomic mass is 16.4. The maximum Gasteiger partial charge on any atom is 0.310 e. The largest absolute Gasteiger partial charge is 0.481 e. The summed E-state index contributed by atoms with van der Waals surface area (Å²) in [6, 6.07) is 8.64. The lowest BCUT2D eigenvalue weighted by Crippen LogP contribution is -2.45. The van der Waals surface area contributed by atoms with Crippen LogP contribution in [-0.4, -0.2) is 35.6 Å². The maximum atomic E-state index is 11.8. The number of benzene rings is 1. The van der Waals surface area contributed by atoms with E-state index in [1.54, 1.807) is 0 Å². The van der Waals surface area contributed by atoms with E-state index in [-0.39, 0.29) is 0 Å². The summed E-state index contributed by atoms with van der Waals surface area (Å²) in [5.41, 5.74) is 2.38. The smallest absolute Gasteiger partial charge is 0.310 e. The van der Waals surface area contributed by atoms with Crippen molar-refractivity contribution in [1.82, 2.24) is 4.90 Å². The number of carboxylic acid groups (broad SMARTS) is 1. The van der Waals surface area contributed by atoms with E-state index in [0.717, 1.165) is 58.2 Å². The molecule has 21 heavy (non-hydrogen) atoms. The molecule has 1 saturated carbocycles. The van der Waals surface area contributed by atoms with Crippen LogP contribution in [0.2, 0.25) is 0 Å². The Bertz CT molecular complexity index is 479. The summed E-state index contributed by atoms with van der Waals surface area (Å²) in [5, 5.41) is 9.74. The molecule has 0 atom stereocenters. The number of hydrogen-bond acceptors (Lipinski definition) is 2. The zero-order chi connectivity index (χ0) is 14.7. The quantitative estimate of drug-likeness (QED) is 0.928. The van der Waals surface area contributed by atoms with Crippen molar-refractivity contribution in [3.05, 3.63) is 35.4 Å². The first-order valence-electron chi connectivity index (χ1n) is 8.22. The molecule has 1 aromatic carbocycles. The minimum atomic E-state index is -0.580. The lowest BCUT2D eigenvalue weighted by atomic mass is 9.73. The molecular weight excluding hydrogens is 262 g/mol. The normalized spacial score (nSPS) is 22.3. The summed E-state index contributed by atoms with van der Waals surface area (Å²) in [6.45, 7) is 2.72. The van der Waals surface area contributed by atoms with E-state index in [9.17, 15) is 9.90 Å². The van der Waals surface area contributed by atoms with E-state index in [1.165, 1.54) is 17.5 Å². The Hall–Kier alpha value is -1.35. The second kappa shape index (κ2) is 6.18. The number of aliphatic carboxylic acids is 1. The van der Waals surface area contributed by atoms with Crippen LogP contribution in [0.15, 0.2) is 24.3 Å². The van der Waals surface area contributed by atoms with E-state index >= 15 is 0 Å². The van der Waals surface area contributed by atoms with Crippen LogP contribution in [0.1, 0.15) is 43.2 Å². The minimum absolute atomic E-state index is 0.491. The summed E-state index contributed by atoms with van der Waals surface area (Å²) in [5.74, 6) is -0.580. The maximum absolute atomic E-state index is 11.8. The van der Waals surface area contributed by atoms with Crippen molar-refractivity contribution in [1.29, 1.82) is 0 Å². The zero-order valence-corrected chi connectivity index (χ0v) is 12.7. The van der Waals surface area contributed by atoms with Crippen molar-refractivity contribution in [2.24, 2.45) is 5.41 Å². The summed E-state index contributed by atoms with van der Waals surface area (Å²) < 4.78 is 0. The third-order valence-electron chi connectivity index (χ3n) is 5.30. The van der Waals surface area contributed by atoms with Gasteiger partial charge in [-0.25, -0.2) is 0 Å². The molecule has 3 nitrogen and oxygen atoms in total. The van der Waals surface area contributed by atoms with Gasteiger partial charge in [0.1, 0.15) is 0 Å². The highest BCUT2D eigenvalue weighted by Crippen LogP contribution is 2.37. The lowest BCUT2D eigenvalue weighted by Gasteiger charge is -2.37. The van der Waals surface area contributed by atoms with Crippen LogP contribution in [0, 0.1) is 5.41 Å². The fourth-order valence-electron chi connectivity index (χ4n) is 3.97. The molecule has 0 unspecified atom stereocenters. The predicted octanol–water partition coefficient (Wildman–Crippen LogP) is 3.12. The number of carboxylic acids is 1. The van der Waals surface area contributed by atoms with Crippen molar-refractivity contribution < 1.29 is 9.90 Å². The fourth-order valence-corrected chi connectivity index (χ4v) is 3.97. The molecule has 0 saturated heterocycles. The zero-order valence-electron chi connectivity index (χ0n) is 12.7. The Morgan fingerprint density at radius 2 is 1.62 bits per heavy atom. The molecule has 114 valence electrons. The van der Waals surface area contributed by atoms with Crippen LogP contribution in [0.25, 0.3) is 0 Å². The van der Waals surface area contributed by atoms with E-state index in [1.807, 2.05) is 0 Å². The highest BCUT2D eigenvalue weighted by molar-refractivity contribution is 5.75. The molecule has 0 spiro atoms. The van der Waals surface area contributed by atoms with Crippen LogP contribution in [0.4, 0.5) is 0 Å². The molecule has 1 aliphatic carbocycles. The molecule has 1 fully saturated rings. The Morgan fingerprint density at radius 3 is 2.14 bits per heavy atom. The van der Waals surface area contributed by atoms with Crippen molar-refractivity contribution in [2.75, 3.05) is 19.6 Å². The summed E-state index contributed by atoms with van der Waals surface area (Å²) >= 11 is 0. The topological polar surface area (TPSA) is 40.5 Å². The molecule has 0 bridgehead atoms. The molecule has 1 N–H and O–H groups in total. The minimum Gasteiger partial charge on any atom is -0.481 e. The van der Waals surface area contributed by atoms with E-state index in [0.29, 0.717) is 0 Å². The van der Waals surface area contributed by atoms with Crippen molar-refractivity contribution >= 4 is 5.97 Å². The molecule has 2 aliphatic rings. The second-order valence-corrected chi connectivity index (χ2v) is 6.69.